The summed E-state index contributed by atoms with van der Waals surface area (Å²) in [5, 5.41) is 8.60. The van der Waals surface area contributed by atoms with Crippen molar-refractivity contribution in [3.8, 4) is 5.75 Å². The van der Waals surface area contributed by atoms with Crippen LogP contribution in [-0.4, -0.2) is 27.9 Å². The van der Waals surface area contributed by atoms with Crippen LogP contribution < -0.4 is 9.64 Å². The molecule has 1 amide bonds. The van der Waals surface area contributed by atoms with E-state index in [2.05, 4.69) is 0 Å². The molecule has 2 aromatic rings. The first-order valence-corrected chi connectivity index (χ1v) is 9.15. The van der Waals surface area contributed by atoms with E-state index in [4.69, 9.17) is 22.1 Å². The van der Waals surface area contributed by atoms with Crippen molar-refractivity contribution in [3.05, 3.63) is 64.8 Å². The number of benzene rings is 2. The number of carbonyl (C=O) groups excluding carboxylic acids is 1. The van der Waals surface area contributed by atoms with Gasteiger partial charge in [0, 0.05) is 0 Å². The highest BCUT2D eigenvalue weighted by molar-refractivity contribution is 8.27. The molecule has 0 spiro atoms. The summed E-state index contributed by atoms with van der Waals surface area (Å²) in [7, 11) is 0. The molecular formula is C19H14FNO4S2. The summed E-state index contributed by atoms with van der Waals surface area (Å²) in [5.41, 5.74) is 1.16. The number of ether oxygens (including phenoxy) is 1. The van der Waals surface area contributed by atoms with Gasteiger partial charge < -0.3 is 9.84 Å². The number of carbonyl (C=O) groups is 2. The normalized spacial score (nSPS) is 15.4. The summed E-state index contributed by atoms with van der Waals surface area (Å²) in [6.07, 6.45) is 1.62. The van der Waals surface area contributed by atoms with Crippen molar-refractivity contribution in [3.63, 3.8) is 0 Å². The Balaban J connectivity index is 1.73. The Morgan fingerprint density at radius 1 is 1.26 bits per heavy atom. The molecule has 0 aromatic heterocycles. The van der Waals surface area contributed by atoms with Gasteiger partial charge in [-0.2, -0.15) is 0 Å². The molecule has 1 saturated heterocycles. The molecule has 5 nitrogen and oxygen atoms in total. The number of nitrogens with zero attached hydrogens (tertiary/aromatic N) is 1. The van der Waals surface area contributed by atoms with Crippen molar-refractivity contribution in [1.29, 1.82) is 0 Å². The fourth-order valence-electron chi connectivity index (χ4n) is 2.37. The van der Waals surface area contributed by atoms with E-state index in [0.717, 1.165) is 17.3 Å². The molecule has 1 fully saturated rings. The molecule has 27 heavy (non-hydrogen) atoms. The van der Waals surface area contributed by atoms with E-state index in [1.165, 1.54) is 23.1 Å². The van der Waals surface area contributed by atoms with Crippen LogP contribution in [0.25, 0.3) is 6.08 Å². The van der Waals surface area contributed by atoms with E-state index in [0.29, 0.717) is 20.7 Å². The van der Waals surface area contributed by atoms with Crippen molar-refractivity contribution in [2.24, 2.45) is 0 Å². The van der Waals surface area contributed by atoms with Crippen molar-refractivity contribution in [2.75, 3.05) is 11.5 Å². The Bertz CT molecular complexity index is 928. The van der Waals surface area contributed by atoms with E-state index in [-0.39, 0.29) is 18.9 Å². The molecule has 1 aliphatic rings. The zero-order valence-corrected chi connectivity index (χ0v) is 15.6. The highest BCUT2D eigenvalue weighted by Crippen LogP contribution is 2.36. The third-order valence-corrected chi connectivity index (χ3v) is 4.92. The van der Waals surface area contributed by atoms with Crippen LogP contribution in [0.5, 0.6) is 5.75 Å². The predicted molar refractivity (Wildman–Crippen MR) is 106 cm³/mol. The van der Waals surface area contributed by atoms with E-state index < -0.39 is 11.8 Å². The first kappa shape index (κ1) is 19.1. The van der Waals surface area contributed by atoms with Gasteiger partial charge in [-0.3, -0.25) is 14.5 Å². The maximum atomic E-state index is 13.4. The number of thioether (sulfide) groups is 1. The van der Waals surface area contributed by atoms with Gasteiger partial charge in [-0.05, 0) is 42.0 Å². The van der Waals surface area contributed by atoms with Crippen LogP contribution in [0.15, 0.2) is 53.4 Å². The maximum absolute atomic E-state index is 13.4. The molecule has 1 N–H and O–H groups in total. The van der Waals surface area contributed by atoms with Crippen molar-refractivity contribution < 1.29 is 23.8 Å². The second-order valence-corrected chi connectivity index (χ2v) is 7.23. The lowest BCUT2D eigenvalue weighted by Gasteiger charge is -2.14. The summed E-state index contributed by atoms with van der Waals surface area (Å²) in [6, 6.07) is 12.6. The number of anilines is 1. The van der Waals surface area contributed by atoms with Gasteiger partial charge in [-0.1, -0.05) is 42.2 Å². The predicted octanol–water partition coefficient (Wildman–Crippen LogP) is 4.09. The lowest BCUT2D eigenvalue weighted by molar-refractivity contribution is -0.137. The topological polar surface area (TPSA) is 66.8 Å². The molecule has 1 aliphatic heterocycles. The number of carboxylic acid groups (broad SMARTS) is 1. The number of thiocarbonyl (C=S) groups is 1. The third kappa shape index (κ3) is 4.72. The van der Waals surface area contributed by atoms with Crippen LogP contribution in [0.2, 0.25) is 0 Å². The number of carboxylic acids is 1. The third-order valence-electron chi connectivity index (χ3n) is 3.62. The molecule has 138 valence electrons. The monoisotopic (exact) mass is 403 g/mol. The Morgan fingerprint density at radius 2 is 2.00 bits per heavy atom. The molecule has 0 atom stereocenters. The molecule has 0 bridgehead atoms. The standard InChI is InChI=1S/C19H14FNO4S2/c20-13-2-1-3-14(11-13)21-18(24)16(27-19(21)26)10-12-4-6-15(7-5-12)25-9-8-17(22)23/h1-7,10-11H,8-9H2,(H,22,23)/b16-10+. The highest BCUT2D eigenvalue weighted by atomic mass is 32.2. The minimum absolute atomic E-state index is 0.0791. The second-order valence-electron chi connectivity index (χ2n) is 5.56. The van der Waals surface area contributed by atoms with Crippen molar-refractivity contribution in [1.82, 2.24) is 0 Å². The number of rotatable bonds is 6. The van der Waals surface area contributed by atoms with Crippen LogP contribution in [0.1, 0.15) is 12.0 Å². The van der Waals surface area contributed by atoms with Gasteiger partial charge >= 0.3 is 5.97 Å². The lowest BCUT2D eigenvalue weighted by Crippen LogP contribution is -2.27. The molecule has 0 saturated carbocycles. The molecule has 1 heterocycles. The molecule has 0 unspecified atom stereocenters. The van der Waals surface area contributed by atoms with Gasteiger partial charge in [-0.15, -0.1) is 0 Å². The van der Waals surface area contributed by atoms with Gasteiger partial charge in [0.25, 0.3) is 5.91 Å². The molecule has 2 aromatic carbocycles. The number of hydrogen-bond donors (Lipinski definition) is 1. The number of hydrogen-bond acceptors (Lipinski definition) is 5. The van der Waals surface area contributed by atoms with Crippen LogP contribution in [-0.2, 0) is 9.59 Å². The fourth-order valence-corrected chi connectivity index (χ4v) is 3.67. The maximum Gasteiger partial charge on any atom is 0.306 e. The largest absolute Gasteiger partial charge is 0.493 e. The van der Waals surface area contributed by atoms with Gasteiger partial charge in [0.05, 0.1) is 23.6 Å². The summed E-state index contributed by atoms with van der Waals surface area (Å²) >= 11 is 6.41. The summed E-state index contributed by atoms with van der Waals surface area (Å²) < 4.78 is 19.1. The quantitative estimate of drug-likeness (QED) is 0.579. The average molecular weight is 403 g/mol. The van der Waals surface area contributed by atoms with Gasteiger partial charge in [-0.25, -0.2) is 4.39 Å². The van der Waals surface area contributed by atoms with E-state index in [1.807, 2.05) is 0 Å². The average Bonchev–Trinajstić information content (AvgIpc) is 2.89. The second kappa shape index (κ2) is 8.32. The minimum atomic E-state index is -0.924. The van der Waals surface area contributed by atoms with Gasteiger partial charge in [0.2, 0.25) is 0 Å². The Kier molecular flexibility index (Phi) is 5.88. The first-order chi connectivity index (χ1) is 12.9. The first-order valence-electron chi connectivity index (χ1n) is 7.92. The van der Waals surface area contributed by atoms with Crippen molar-refractivity contribution >= 4 is 51.9 Å². The number of amides is 1. The SMILES string of the molecule is O=C(O)CCOc1ccc(/C=C2/SC(=S)N(c3cccc(F)c3)C2=O)cc1. The minimum Gasteiger partial charge on any atom is -0.493 e. The zero-order chi connectivity index (χ0) is 19.4. The molecule has 0 aliphatic carbocycles. The van der Waals surface area contributed by atoms with Gasteiger partial charge in [0.15, 0.2) is 4.32 Å². The molecule has 8 heteroatoms. The molecular weight excluding hydrogens is 389 g/mol. The Hall–Kier alpha value is -2.71. The van der Waals surface area contributed by atoms with Crippen LogP contribution in [0, 0.1) is 5.82 Å². The number of halogens is 1. The molecule has 0 radical (unpaired) electrons. The van der Waals surface area contributed by atoms with Crippen LogP contribution >= 0.6 is 24.0 Å². The Morgan fingerprint density at radius 3 is 2.67 bits per heavy atom. The fraction of sp³-hybridized carbons (Fsp3) is 0.105. The Labute approximate surface area is 164 Å². The number of aliphatic carboxylic acids is 1. The lowest BCUT2D eigenvalue weighted by atomic mass is 10.2. The van der Waals surface area contributed by atoms with Crippen molar-refractivity contribution in [2.45, 2.75) is 6.42 Å². The van der Waals surface area contributed by atoms with Crippen LogP contribution in [0.3, 0.4) is 0 Å². The van der Waals surface area contributed by atoms with Gasteiger partial charge in [0.1, 0.15) is 11.6 Å². The smallest absolute Gasteiger partial charge is 0.306 e. The molecule has 3 rings (SSSR count). The van der Waals surface area contributed by atoms with E-state index >= 15 is 0 Å². The van der Waals surface area contributed by atoms with Crippen LogP contribution in [0.4, 0.5) is 10.1 Å². The summed E-state index contributed by atoms with van der Waals surface area (Å²) in [6.45, 7) is 0.0843. The zero-order valence-electron chi connectivity index (χ0n) is 13.9. The van der Waals surface area contributed by atoms with E-state index in [1.54, 1.807) is 36.4 Å². The highest BCUT2D eigenvalue weighted by Gasteiger charge is 2.33. The van der Waals surface area contributed by atoms with E-state index in [9.17, 15) is 14.0 Å². The summed E-state index contributed by atoms with van der Waals surface area (Å²) in [5.74, 6) is -1.13. The summed E-state index contributed by atoms with van der Waals surface area (Å²) in [4.78, 5) is 24.9.